The lowest BCUT2D eigenvalue weighted by atomic mass is 9.96. The highest BCUT2D eigenvalue weighted by atomic mass is 32.2. The third-order valence-corrected chi connectivity index (χ3v) is 4.19. The number of aliphatic imine (C=N–C) groups is 1. The second-order valence-corrected chi connectivity index (χ2v) is 5.70. The largest absolute Gasteiger partial charge is 0.470 e. The SMILES string of the molecule is CNCN=C(OC1CCC1)SC(C)[C@H](C)OC. The van der Waals surface area contributed by atoms with Crippen molar-refractivity contribution in [2.75, 3.05) is 20.8 Å². The second-order valence-electron chi connectivity index (χ2n) is 4.37. The van der Waals surface area contributed by atoms with Crippen LogP contribution in [0, 0.1) is 0 Å². The van der Waals surface area contributed by atoms with Gasteiger partial charge in [-0.1, -0.05) is 18.7 Å². The van der Waals surface area contributed by atoms with Gasteiger partial charge in [-0.05, 0) is 33.2 Å². The third kappa shape index (κ3) is 5.27. The maximum atomic E-state index is 5.87. The zero-order chi connectivity index (χ0) is 12.7. The maximum Gasteiger partial charge on any atom is 0.247 e. The first-order valence-electron chi connectivity index (χ1n) is 6.22. The van der Waals surface area contributed by atoms with Gasteiger partial charge >= 0.3 is 0 Å². The van der Waals surface area contributed by atoms with E-state index in [2.05, 4.69) is 24.2 Å². The first-order chi connectivity index (χ1) is 8.17. The molecule has 17 heavy (non-hydrogen) atoms. The van der Waals surface area contributed by atoms with Gasteiger partial charge in [0.1, 0.15) is 6.10 Å². The van der Waals surface area contributed by atoms with Crippen LogP contribution in [0.2, 0.25) is 0 Å². The predicted octanol–water partition coefficient (Wildman–Crippen LogP) is 2.25. The van der Waals surface area contributed by atoms with Crippen LogP contribution in [0.1, 0.15) is 33.1 Å². The highest BCUT2D eigenvalue weighted by Crippen LogP contribution is 2.26. The van der Waals surface area contributed by atoms with E-state index in [4.69, 9.17) is 9.47 Å². The normalized spacial score (nSPS) is 20.8. The lowest BCUT2D eigenvalue weighted by Crippen LogP contribution is -2.27. The number of hydrogen-bond donors (Lipinski definition) is 1. The van der Waals surface area contributed by atoms with Gasteiger partial charge in [0.2, 0.25) is 5.23 Å². The molecule has 0 radical (unpaired) electrons. The van der Waals surface area contributed by atoms with Crippen molar-refractivity contribution >= 4 is 17.0 Å². The molecule has 1 unspecified atom stereocenters. The summed E-state index contributed by atoms with van der Waals surface area (Å²) in [7, 11) is 3.62. The van der Waals surface area contributed by atoms with E-state index < -0.39 is 0 Å². The van der Waals surface area contributed by atoms with Crippen LogP contribution in [0.25, 0.3) is 0 Å². The van der Waals surface area contributed by atoms with E-state index in [0.717, 1.165) is 18.1 Å². The summed E-state index contributed by atoms with van der Waals surface area (Å²) >= 11 is 1.66. The van der Waals surface area contributed by atoms with E-state index in [9.17, 15) is 0 Å². The number of nitrogens with one attached hydrogen (secondary N) is 1. The van der Waals surface area contributed by atoms with Crippen molar-refractivity contribution in [3.8, 4) is 0 Å². The Labute approximate surface area is 109 Å². The lowest BCUT2D eigenvalue weighted by molar-refractivity contribution is 0.111. The van der Waals surface area contributed by atoms with Crippen LogP contribution in [-0.2, 0) is 9.47 Å². The minimum Gasteiger partial charge on any atom is -0.470 e. The molecular formula is C12H24N2O2S. The number of nitrogens with zero attached hydrogens (tertiary/aromatic N) is 1. The molecule has 0 amide bonds. The summed E-state index contributed by atoms with van der Waals surface area (Å²) in [5.41, 5.74) is 0. The zero-order valence-electron chi connectivity index (χ0n) is 11.2. The van der Waals surface area contributed by atoms with Gasteiger partial charge in [0, 0.05) is 12.4 Å². The van der Waals surface area contributed by atoms with Gasteiger partial charge < -0.3 is 14.8 Å². The van der Waals surface area contributed by atoms with E-state index in [1.807, 2.05) is 7.05 Å². The van der Waals surface area contributed by atoms with Crippen LogP contribution >= 0.6 is 11.8 Å². The summed E-state index contributed by atoms with van der Waals surface area (Å²) in [4.78, 5) is 4.41. The molecule has 1 aliphatic carbocycles. The van der Waals surface area contributed by atoms with Crippen LogP contribution in [0.5, 0.6) is 0 Å². The summed E-state index contributed by atoms with van der Waals surface area (Å²) in [5.74, 6) is 0. The molecule has 5 heteroatoms. The summed E-state index contributed by atoms with van der Waals surface area (Å²) in [6.07, 6.45) is 4.17. The highest BCUT2D eigenvalue weighted by Gasteiger charge is 2.23. The number of hydrogen-bond acceptors (Lipinski definition) is 5. The van der Waals surface area contributed by atoms with E-state index in [1.54, 1.807) is 18.9 Å². The fourth-order valence-corrected chi connectivity index (χ4v) is 2.28. The minimum absolute atomic E-state index is 0.199. The minimum atomic E-state index is 0.199. The number of rotatable bonds is 6. The van der Waals surface area contributed by atoms with Crippen molar-refractivity contribution in [1.29, 1.82) is 0 Å². The van der Waals surface area contributed by atoms with Gasteiger partial charge in [-0.2, -0.15) is 0 Å². The Morgan fingerprint density at radius 2 is 2.18 bits per heavy atom. The number of thioether (sulfide) groups is 1. The van der Waals surface area contributed by atoms with Gasteiger partial charge in [0.25, 0.3) is 0 Å². The van der Waals surface area contributed by atoms with Gasteiger partial charge in [-0.3, -0.25) is 0 Å². The Morgan fingerprint density at radius 3 is 2.65 bits per heavy atom. The summed E-state index contributed by atoms with van der Waals surface area (Å²) in [5, 5.41) is 4.15. The molecule has 100 valence electrons. The Kier molecular flexibility index (Phi) is 6.92. The van der Waals surface area contributed by atoms with Gasteiger partial charge in [-0.25, -0.2) is 4.99 Å². The van der Waals surface area contributed by atoms with E-state index in [0.29, 0.717) is 18.0 Å². The second kappa shape index (κ2) is 7.95. The zero-order valence-corrected chi connectivity index (χ0v) is 12.0. The smallest absolute Gasteiger partial charge is 0.247 e. The molecule has 1 rings (SSSR count). The molecule has 0 aromatic carbocycles. The molecule has 0 aliphatic heterocycles. The summed E-state index contributed by atoms with van der Waals surface area (Å²) in [6, 6.07) is 0. The average molecular weight is 260 g/mol. The van der Waals surface area contributed by atoms with Crippen LogP contribution in [0.3, 0.4) is 0 Å². The summed E-state index contributed by atoms with van der Waals surface area (Å²) < 4.78 is 11.2. The average Bonchev–Trinajstić information content (AvgIpc) is 2.28. The maximum absolute atomic E-state index is 5.87. The van der Waals surface area contributed by atoms with E-state index in [-0.39, 0.29) is 6.10 Å². The molecular weight excluding hydrogens is 236 g/mol. The Hall–Kier alpha value is -0.260. The molecule has 0 aromatic heterocycles. The fraction of sp³-hybridized carbons (Fsp3) is 0.917. The Balaban J connectivity index is 2.43. The van der Waals surface area contributed by atoms with Gasteiger partial charge in [-0.15, -0.1) is 0 Å². The van der Waals surface area contributed by atoms with Crippen molar-refractivity contribution in [2.45, 2.75) is 50.6 Å². The molecule has 0 bridgehead atoms. The number of methoxy groups -OCH3 is 1. The monoisotopic (exact) mass is 260 g/mol. The molecule has 0 aromatic rings. The van der Waals surface area contributed by atoms with E-state index in [1.165, 1.54) is 6.42 Å². The molecule has 1 N–H and O–H groups in total. The Morgan fingerprint density at radius 1 is 1.47 bits per heavy atom. The van der Waals surface area contributed by atoms with Crippen LogP contribution in [0.15, 0.2) is 4.99 Å². The van der Waals surface area contributed by atoms with Crippen molar-refractivity contribution in [1.82, 2.24) is 5.32 Å². The first kappa shape index (κ1) is 14.8. The fourth-order valence-electron chi connectivity index (χ4n) is 1.32. The molecule has 1 aliphatic rings. The summed E-state index contributed by atoms with van der Waals surface area (Å²) in [6.45, 7) is 4.80. The van der Waals surface area contributed by atoms with Gasteiger partial charge in [0.15, 0.2) is 0 Å². The molecule has 0 saturated heterocycles. The standard InChI is InChI=1S/C12H24N2O2S/c1-9(15-4)10(2)17-12(14-8-13-3)16-11-6-5-7-11/h9-11,13H,5-8H2,1-4H3/t9-,10?/m0/s1. The molecule has 2 atom stereocenters. The van der Waals surface area contributed by atoms with Crippen molar-refractivity contribution in [3.05, 3.63) is 0 Å². The Bertz CT molecular complexity index is 245. The van der Waals surface area contributed by atoms with E-state index >= 15 is 0 Å². The quantitative estimate of drug-likeness (QED) is 0.587. The third-order valence-electron chi connectivity index (χ3n) is 3.01. The molecule has 0 heterocycles. The molecule has 1 fully saturated rings. The predicted molar refractivity (Wildman–Crippen MR) is 73.6 cm³/mol. The lowest BCUT2D eigenvalue weighted by Gasteiger charge is -2.28. The number of ether oxygens (including phenoxy) is 2. The van der Waals surface area contributed by atoms with Crippen LogP contribution in [0.4, 0.5) is 0 Å². The first-order valence-corrected chi connectivity index (χ1v) is 7.10. The van der Waals surface area contributed by atoms with Crippen LogP contribution in [-0.4, -0.2) is 43.5 Å². The van der Waals surface area contributed by atoms with Crippen LogP contribution < -0.4 is 5.32 Å². The molecule has 4 nitrogen and oxygen atoms in total. The topological polar surface area (TPSA) is 42.9 Å². The molecule has 0 spiro atoms. The van der Waals surface area contributed by atoms with Crippen molar-refractivity contribution in [2.24, 2.45) is 4.99 Å². The van der Waals surface area contributed by atoms with Crippen molar-refractivity contribution < 1.29 is 9.47 Å². The van der Waals surface area contributed by atoms with Crippen molar-refractivity contribution in [3.63, 3.8) is 0 Å². The van der Waals surface area contributed by atoms with Gasteiger partial charge in [0.05, 0.1) is 12.8 Å². The highest BCUT2D eigenvalue weighted by molar-refractivity contribution is 8.14. The molecule has 1 saturated carbocycles.